The first-order valence-corrected chi connectivity index (χ1v) is 6.37. The summed E-state index contributed by atoms with van der Waals surface area (Å²) in [6.07, 6.45) is 0. The maximum absolute atomic E-state index is 10.9. The Morgan fingerprint density at radius 3 is 2.85 bits per heavy atom. The Hall–Kier alpha value is -1.92. The van der Waals surface area contributed by atoms with Gasteiger partial charge < -0.3 is 9.63 Å². The lowest BCUT2D eigenvalue weighted by Gasteiger charge is -2.18. The maximum atomic E-state index is 10.9. The Balaban J connectivity index is 2.14. The van der Waals surface area contributed by atoms with Crippen LogP contribution in [0.3, 0.4) is 0 Å². The molecule has 0 fully saturated rings. The highest BCUT2D eigenvalue weighted by atomic mass is 35.5. The fourth-order valence-electron chi connectivity index (χ4n) is 1.61. The van der Waals surface area contributed by atoms with E-state index in [0.717, 1.165) is 0 Å². The van der Waals surface area contributed by atoms with Gasteiger partial charge in [0.05, 0.1) is 17.1 Å². The minimum atomic E-state index is -0.901. The Morgan fingerprint density at radius 1 is 1.50 bits per heavy atom. The van der Waals surface area contributed by atoms with Crippen molar-refractivity contribution in [1.82, 2.24) is 15.0 Å². The first-order chi connectivity index (χ1) is 9.49. The molecule has 0 bridgehead atoms. The van der Waals surface area contributed by atoms with E-state index in [9.17, 15) is 4.79 Å². The van der Waals surface area contributed by atoms with Gasteiger partial charge in [-0.2, -0.15) is 4.98 Å². The van der Waals surface area contributed by atoms with Crippen LogP contribution in [0.4, 0.5) is 0 Å². The molecule has 0 spiro atoms. The minimum absolute atomic E-state index is 0.279. The molecule has 6 nitrogen and oxygen atoms in total. The highest BCUT2D eigenvalue weighted by Crippen LogP contribution is 2.25. The molecule has 20 heavy (non-hydrogen) atoms. The summed E-state index contributed by atoms with van der Waals surface area (Å²) in [6.45, 7) is 1.87. The van der Waals surface area contributed by atoms with E-state index in [0.29, 0.717) is 22.3 Å². The van der Waals surface area contributed by atoms with Gasteiger partial charge in [-0.05, 0) is 26.1 Å². The van der Waals surface area contributed by atoms with Gasteiger partial charge >= 0.3 is 5.97 Å². The van der Waals surface area contributed by atoms with E-state index >= 15 is 0 Å². The second-order valence-corrected chi connectivity index (χ2v) is 4.83. The third-order valence-corrected chi connectivity index (χ3v) is 3.31. The molecule has 1 heterocycles. The molecule has 7 heteroatoms. The van der Waals surface area contributed by atoms with Crippen LogP contribution in [-0.4, -0.2) is 39.2 Å². The third-order valence-electron chi connectivity index (χ3n) is 2.98. The number of carboxylic acids is 1. The van der Waals surface area contributed by atoms with Crippen LogP contribution in [0.15, 0.2) is 28.8 Å². The van der Waals surface area contributed by atoms with Crippen molar-refractivity contribution >= 4 is 17.6 Å². The Labute approximate surface area is 121 Å². The summed E-state index contributed by atoms with van der Waals surface area (Å²) < 4.78 is 5.15. The number of carboxylic acid groups (broad SMARTS) is 1. The summed E-state index contributed by atoms with van der Waals surface area (Å²) in [7, 11) is 1.68. The molecule has 0 aliphatic rings. The van der Waals surface area contributed by atoms with Crippen molar-refractivity contribution in [2.45, 2.75) is 19.5 Å². The highest BCUT2D eigenvalue weighted by Gasteiger charge is 2.19. The number of likely N-dealkylation sites (N-methyl/N-ethyl adjacent to an activating group) is 1. The van der Waals surface area contributed by atoms with Crippen molar-refractivity contribution in [3.63, 3.8) is 0 Å². The Morgan fingerprint density at radius 2 is 2.20 bits per heavy atom. The number of benzene rings is 1. The molecule has 0 aliphatic carbocycles. The van der Waals surface area contributed by atoms with E-state index in [-0.39, 0.29) is 6.54 Å². The van der Waals surface area contributed by atoms with Crippen molar-refractivity contribution in [2.75, 3.05) is 7.05 Å². The molecular weight excluding hydrogens is 282 g/mol. The van der Waals surface area contributed by atoms with Crippen molar-refractivity contribution in [2.24, 2.45) is 0 Å². The number of hydrogen-bond donors (Lipinski definition) is 1. The standard InChI is InChI=1S/C13H14ClN3O3/c1-8(13(18)19)17(2)7-11-15-12(20-16-11)9-5-3-4-6-10(9)14/h3-6,8H,7H2,1-2H3,(H,18,19). The fraction of sp³-hybridized carbons (Fsp3) is 0.308. The minimum Gasteiger partial charge on any atom is -0.480 e. The molecule has 2 rings (SSSR count). The third kappa shape index (κ3) is 3.15. The van der Waals surface area contributed by atoms with E-state index in [1.165, 1.54) is 0 Å². The van der Waals surface area contributed by atoms with Gasteiger partial charge in [0, 0.05) is 0 Å². The summed E-state index contributed by atoms with van der Waals surface area (Å²) >= 11 is 6.05. The first kappa shape index (κ1) is 14.5. The van der Waals surface area contributed by atoms with Gasteiger partial charge in [0.1, 0.15) is 6.04 Å². The topological polar surface area (TPSA) is 79.5 Å². The molecule has 0 aliphatic heterocycles. The average Bonchev–Trinajstić information content (AvgIpc) is 2.86. The van der Waals surface area contributed by atoms with Crippen LogP contribution in [0.5, 0.6) is 0 Å². The predicted octanol–water partition coefficient (Wildman–Crippen LogP) is 2.29. The number of aliphatic carboxylic acids is 1. The van der Waals surface area contributed by atoms with Gasteiger partial charge in [-0.25, -0.2) is 0 Å². The van der Waals surface area contributed by atoms with Crippen LogP contribution >= 0.6 is 11.6 Å². The van der Waals surface area contributed by atoms with Gasteiger partial charge in [-0.3, -0.25) is 9.69 Å². The molecular formula is C13H14ClN3O3. The molecule has 1 atom stereocenters. The Bertz CT molecular complexity index is 614. The van der Waals surface area contributed by atoms with E-state index < -0.39 is 12.0 Å². The largest absolute Gasteiger partial charge is 0.480 e. The lowest BCUT2D eigenvalue weighted by atomic mass is 10.2. The molecule has 0 saturated carbocycles. The molecule has 106 valence electrons. The summed E-state index contributed by atoms with van der Waals surface area (Å²) in [6, 6.07) is 6.52. The zero-order valence-electron chi connectivity index (χ0n) is 11.1. The lowest BCUT2D eigenvalue weighted by molar-refractivity contribution is -0.142. The van der Waals surface area contributed by atoms with E-state index in [1.54, 1.807) is 31.0 Å². The Kier molecular flexibility index (Phi) is 4.36. The van der Waals surface area contributed by atoms with E-state index in [4.69, 9.17) is 21.2 Å². The molecule has 0 amide bonds. The van der Waals surface area contributed by atoms with Crippen molar-refractivity contribution in [1.29, 1.82) is 0 Å². The van der Waals surface area contributed by atoms with Crippen LogP contribution in [0.1, 0.15) is 12.7 Å². The number of rotatable bonds is 5. The summed E-state index contributed by atoms with van der Waals surface area (Å²) in [5, 5.41) is 13.3. The van der Waals surface area contributed by atoms with E-state index in [2.05, 4.69) is 10.1 Å². The van der Waals surface area contributed by atoms with Gasteiger partial charge in [-0.1, -0.05) is 28.9 Å². The summed E-state index contributed by atoms with van der Waals surface area (Å²) in [5.41, 5.74) is 0.654. The number of halogens is 1. The van der Waals surface area contributed by atoms with Gasteiger partial charge in [0.15, 0.2) is 5.82 Å². The van der Waals surface area contributed by atoms with Crippen LogP contribution in [-0.2, 0) is 11.3 Å². The highest BCUT2D eigenvalue weighted by molar-refractivity contribution is 6.33. The normalized spacial score (nSPS) is 12.6. The maximum Gasteiger partial charge on any atom is 0.320 e. The molecule has 0 saturated heterocycles. The number of aromatic nitrogens is 2. The average molecular weight is 296 g/mol. The van der Waals surface area contributed by atoms with Crippen LogP contribution in [0.2, 0.25) is 5.02 Å². The number of nitrogens with zero attached hydrogens (tertiary/aromatic N) is 3. The van der Waals surface area contributed by atoms with Crippen molar-refractivity contribution < 1.29 is 14.4 Å². The summed E-state index contributed by atoms with van der Waals surface area (Å²) in [5.74, 6) is -0.167. The summed E-state index contributed by atoms with van der Waals surface area (Å²) in [4.78, 5) is 16.7. The molecule has 1 aromatic heterocycles. The SMILES string of the molecule is CC(C(=O)O)N(C)Cc1noc(-c2ccccc2Cl)n1. The number of hydrogen-bond acceptors (Lipinski definition) is 5. The first-order valence-electron chi connectivity index (χ1n) is 5.99. The monoisotopic (exact) mass is 295 g/mol. The van der Waals surface area contributed by atoms with Crippen LogP contribution in [0, 0.1) is 0 Å². The van der Waals surface area contributed by atoms with Crippen LogP contribution in [0.25, 0.3) is 11.5 Å². The lowest BCUT2D eigenvalue weighted by Crippen LogP contribution is -2.35. The van der Waals surface area contributed by atoms with Crippen molar-refractivity contribution in [3.8, 4) is 11.5 Å². The predicted molar refractivity (Wildman–Crippen MR) is 73.3 cm³/mol. The molecule has 1 aromatic carbocycles. The molecule has 2 aromatic rings. The second-order valence-electron chi connectivity index (χ2n) is 4.42. The fourth-order valence-corrected chi connectivity index (χ4v) is 1.83. The number of carbonyl (C=O) groups is 1. The zero-order valence-corrected chi connectivity index (χ0v) is 11.8. The second kappa shape index (κ2) is 6.02. The molecule has 1 unspecified atom stereocenters. The molecule has 1 N–H and O–H groups in total. The van der Waals surface area contributed by atoms with Gasteiger partial charge in [-0.15, -0.1) is 0 Å². The van der Waals surface area contributed by atoms with Crippen molar-refractivity contribution in [3.05, 3.63) is 35.1 Å². The quantitative estimate of drug-likeness (QED) is 0.911. The van der Waals surface area contributed by atoms with E-state index in [1.807, 2.05) is 12.1 Å². The zero-order chi connectivity index (χ0) is 14.7. The van der Waals surface area contributed by atoms with Gasteiger partial charge in [0.2, 0.25) is 0 Å². The smallest absolute Gasteiger partial charge is 0.320 e. The molecule has 0 radical (unpaired) electrons. The van der Waals surface area contributed by atoms with Gasteiger partial charge in [0.25, 0.3) is 5.89 Å². The van der Waals surface area contributed by atoms with Crippen LogP contribution < -0.4 is 0 Å².